The fourth-order valence-corrected chi connectivity index (χ4v) is 4.53. The Morgan fingerprint density at radius 2 is 1.64 bits per heavy atom. The van der Waals surface area contributed by atoms with Crippen LogP contribution in [0.5, 0.6) is 0 Å². The number of rotatable bonds is 8. The predicted octanol–water partition coefficient (Wildman–Crippen LogP) is 3.68. The van der Waals surface area contributed by atoms with Gasteiger partial charge in [0.2, 0.25) is 15.9 Å². The number of carbonyl (C=O) groups excluding carboxylic acids is 1. The average Bonchev–Trinajstić information content (AvgIpc) is 2.59. The highest BCUT2D eigenvalue weighted by Crippen LogP contribution is 2.24. The number of nitrogens with zero attached hydrogens (tertiary/aromatic N) is 1. The third-order valence-electron chi connectivity index (χ3n) is 4.57. The Labute approximate surface area is 168 Å². The van der Waals surface area contributed by atoms with Crippen molar-refractivity contribution in [3.63, 3.8) is 0 Å². The zero-order chi connectivity index (χ0) is 20.9. The van der Waals surface area contributed by atoms with Crippen LogP contribution in [0.2, 0.25) is 0 Å². The average molecular weight is 403 g/mol. The Morgan fingerprint density at radius 1 is 1.07 bits per heavy atom. The second kappa shape index (κ2) is 8.78. The first-order valence-corrected chi connectivity index (χ1v) is 11.3. The van der Waals surface area contributed by atoms with Gasteiger partial charge in [-0.05, 0) is 51.3 Å². The Bertz CT molecular complexity index is 891. The van der Waals surface area contributed by atoms with E-state index < -0.39 is 21.6 Å². The van der Waals surface area contributed by atoms with Crippen molar-refractivity contribution in [3.8, 4) is 0 Å². The van der Waals surface area contributed by atoms with Crippen molar-refractivity contribution in [2.45, 2.75) is 52.1 Å². The number of nitrogens with one attached hydrogen (secondary N) is 1. The molecule has 152 valence electrons. The van der Waals surface area contributed by atoms with E-state index in [0.717, 1.165) is 17.4 Å². The van der Waals surface area contributed by atoms with Gasteiger partial charge in [0.15, 0.2) is 0 Å². The van der Waals surface area contributed by atoms with E-state index in [0.29, 0.717) is 18.5 Å². The Balaban J connectivity index is 2.27. The maximum Gasteiger partial charge on any atom is 0.244 e. The third kappa shape index (κ3) is 5.83. The molecule has 0 saturated heterocycles. The van der Waals surface area contributed by atoms with Gasteiger partial charge in [0.05, 0.1) is 11.9 Å². The summed E-state index contributed by atoms with van der Waals surface area (Å²) in [7, 11) is -3.63. The lowest BCUT2D eigenvalue weighted by molar-refractivity contribution is -0.123. The SMILES string of the molecule is CC[C@H](C(=O)NC(C)(C)Cc1ccccc1)N(c1ccc(C)cc1)S(C)(=O)=O. The predicted molar refractivity (Wildman–Crippen MR) is 115 cm³/mol. The second-order valence-electron chi connectivity index (χ2n) is 7.85. The first kappa shape index (κ1) is 22.0. The number of aryl methyl sites for hydroxylation is 1. The van der Waals surface area contributed by atoms with Crippen LogP contribution in [0.15, 0.2) is 54.6 Å². The van der Waals surface area contributed by atoms with Gasteiger partial charge in [-0.1, -0.05) is 55.0 Å². The van der Waals surface area contributed by atoms with Gasteiger partial charge >= 0.3 is 0 Å². The van der Waals surface area contributed by atoms with Gasteiger partial charge in [-0.15, -0.1) is 0 Å². The largest absolute Gasteiger partial charge is 0.349 e. The summed E-state index contributed by atoms with van der Waals surface area (Å²) in [6, 6.07) is 16.3. The van der Waals surface area contributed by atoms with Gasteiger partial charge in [-0.2, -0.15) is 0 Å². The van der Waals surface area contributed by atoms with Crippen molar-refractivity contribution in [1.29, 1.82) is 0 Å². The molecule has 0 heterocycles. The van der Waals surface area contributed by atoms with Crippen molar-refractivity contribution in [1.82, 2.24) is 5.32 Å². The van der Waals surface area contributed by atoms with E-state index in [4.69, 9.17) is 0 Å². The molecule has 0 aliphatic heterocycles. The van der Waals surface area contributed by atoms with Crippen LogP contribution in [0, 0.1) is 6.92 Å². The molecule has 0 aliphatic rings. The van der Waals surface area contributed by atoms with Crippen LogP contribution in [-0.4, -0.2) is 32.2 Å². The minimum absolute atomic E-state index is 0.297. The van der Waals surface area contributed by atoms with Gasteiger partial charge in [0, 0.05) is 5.54 Å². The van der Waals surface area contributed by atoms with Crippen LogP contribution in [0.1, 0.15) is 38.3 Å². The van der Waals surface area contributed by atoms with Crippen molar-refractivity contribution in [2.75, 3.05) is 10.6 Å². The molecule has 1 amide bonds. The third-order valence-corrected chi connectivity index (χ3v) is 5.75. The molecule has 1 atom stereocenters. The number of amides is 1. The highest BCUT2D eigenvalue weighted by molar-refractivity contribution is 7.92. The minimum Gasteiger partial charge on any atom is -0.349 e. The molecule has 0 spiro atoms. The van der Waals surface area contributed by atoms with Gasteiger partial charge in [-0.3, -0.25) is 9.10 Å². The lowest BCUT2D eigenvalue weighted by Crippen LogP contribution is -2.55. The Morgan fingerprint density at radius 3 is 2.14 bits per heavy atom. The quantitative estimate of drug-likeness (QED) is 0.732. The molecule has 2 rings (SSSR count). The van der Waals surface area contributed by atoms with E-state index in [1.54, 1.807) is 12.1 Å². The standard InChI is InChI=1S/C22H30N2O3S/c1-6-20(24(28(5,26)27)19-14-12-17(2)13-15-19)21(25)23-22(3,4)16-18-10-8-7-9-11-18/h7-15,20H,6,16H2,1-5H3,(H,23,25)/t20-/m1/s1. The molecule has 5 nitrogen and oxygen atoms in total. The van der Waals surface area contributed by atoms with Crippen LogP contribution in [0.4, 0.5) is 5.69 Å². The van der Waals surface area contributed by atoms with E-state index in [2.05, 4.69) is 5.32 Å². The molecule has 28 heavy (non-hydrogen) atoms. The van der Waals surface area contributed by atoms with E-state index in [9.17, 15) is 13.2 Å². The molecule has 2 aromatic rings. The minimum atomic E-state index is -3.63. The van der Waals surface area contributed by atoms with Crippen LogP contribution in [0.25, 0.3) is 0 Å². The summed E-state index contributed by atoms with van der Waals surface area (Å²) in [5.41, 5.74) is 2.12. The molecule has 6 heteroatoms. The van der Waals surface area contributed by atoms with E-state index >= 15 is 0 Å². The Kier molecular flexibility index (Phi) is 6.88. The fraction of sp³-hybridized carbons (Fsp3) is 0.409. The summed E-state index contributed by atoms with van der Waals surface area (Å²) in [5, 5.41) is 3.04. The molecule has 0 unspecified atom stereocenters. The van der Waals surface area contributed by atoms with Gasteiger partial charge in [0.25, 0.3) is 0 Å². The van der Waals surface area contributed by atoms with Crippen molar-refractivity contribution in [2.24, 2.45) is 0 Å². The fourth-order valence-electron chi connectivity index (χ4n) is 3.32. The Hall–Kier alpha value is -2.34. The molecule has 1 N–H and O–H groups in total. The first-order chi connectivity index (χ1) is 13.0. The lowest BCUT2D eigenvalue weighted by atomic mass is 9.94. The zero-order valence-electron chi connectivity index (χ0n) is 17.3. The van der Waals surface area contributed by atoms with Gasteiger partial charge < -0.3 is 5.32 Å². The summed E-state index contributed by atoms with van der Waals surface area (Å²) in [6.45, 7) is 7.65. The van der Waals surface area contributed by atoms with Gasteiger partial charge in [-0.25, -0.2) is 8.42 Å². The van der Waals surface area contributed by atoms with Crippen LogP contribution < -0.4 is 9.62 Å². The van der Waals surface area contributed by atoms with Gasteiger partial charge in [0.1, 0.15) is 6.04 Å². The van der Waals surface area contributed by atoms with E-state index in [1.165, 1.54) is 4.31 Å². The summed E-state index contributed by atoms with van der Waals surface area (Å²) < 4.78 is 26.3. The molecule has 2 aromatic carbocycles. The summed E-state index contributed by atoms with van der Waals surface area (Å²) in [6.07, 6.45) is 2.16. The van der Waals surface area contributed by atoms with E-state index in [1.807, 2.05) is 70.2 Å². The number of hydrogen-bond acceptors (Lipinski definition) is 3. The lowest BCUT2D eigenvalue weighted by Gasteiger charge is -2.34. The molecule has 0 fully saturated rings. The molecule has 0 aliphatic carbocycles. The number of benzene rings is 2. The first-order valence-electron chi connectivity index (χ1n) is 9.45. The smallest absolute Gasteiger partial charge is 0.244 e. The molecular weight excluding hydrogens is 372 g/mol. The number of anilines is 1. The maximum absolute atomic E-state index is 13.1. The van der Waals surface area contributed by atoms with Crippen LogP contribution >= 0.6 is 0 Å². The topological polar surface area (TPSA) is 66.5 Å². The maximum atomic E-state index is 13.1. The number of carbonyl (C=O) groups is 1. The molecular formula is C22H30N2O3S. The van der Waals surface area contributed by atoms with Crippen molar-refractivity contribution in [3.05, 3.63) is 65.7 Å². The molecule has 0 saturated carbocycles. The van der Waals surface area contributed by atoms with Crippen LogP contribution in [0.3, 0.4) is 0 Å². The molecule has 0 bridgehead atoms. The second-order valence-corrected chi connectivity index (χ2v) is 9.71. The summed E-state index contributed by atoms with van der Waals surface area (Å²) >= 11 is 0. The van der Waals surface area contributed by atoms with Crippen molar-refractivity contribution >= 4 is 21.6 Å². The number of sulfonamides is 1. The summed E-state index contributed by atoms with van der Waals surface area (Å²) in [5.74, 6) is -0.297. The zero-order valence-corrected chi connectivity index (χ0v) is 18.1. The van der Waals surface area contributed by atoms with E-state index in [-0.39, 0.29) is 5.91 Å². The molecule has 0 aromatic heterocycles. The molecule has 0 radical (unpaired) electrons. The van der Waals surface area contributed by atoms with Crippen LogP contribution in [-0.2, 0) is 21.2 Å². The van der Waals surface area contributed by atoms with Crippen molar-refractivity contribution < 1.29 is 13.2 Å². The summed E-state index contributed by atoms with van der Waals surface area (Å²) in [4.78, 5) is 13.1. The normalized spacial score (nSPS) is 13.0. The number of hydrogen-bond donors (Lipinski definition) is 1. The highest BCUT2D eigenvalue weighted by Gasteiger charge is 2.34. The highest BCUT2D eigenvalue weighted by atomic mass is 32.2. The monoisotopic (exact) mass is 402 g/mol.